The monoisotopic (exact) mass is 397 g/mol. The van der Waals surface area contributed by atoms with Gasteiger partial charge in [-0.25, -0.2) is 0 Å². The number of hydrogen-bond donors (Lipinski definition) is 0. The third-order valence-electron chi connectivity index (χ3n) is 10.1. The number of ketones is 1. The van der Waals surface area contributed by atoms with Crippen LogP contribution < -0.4 is 0 Å². The fourth-order valence-corrected chi connectivity index (χ4v) is 8.30. The van der Waals surface area contributed by atoms with E-state index in [4.69, 9.17) is 4.84 Å². The first kappa shape index (κ1) is 19.8. The lowest BCUT2D eigenvalue weighted by Crippen LogP contribution is -2.54. The molecule has 5 aliphatic carbocycles. The van der Waals surface area contributed by atoms with Crippen LogP contribution in [0.15, 0.2) is 17.3 Å². The highest BCUT2D eigenvalue weighted by Gasteiger charge is 2.60. The van der Waals surface area contributed by atoms with Crippen molar-refractivity contribution in [3.63, 3.8) is 0 Å². The zero-order chi connectivity index (χ0) is 20.4. The van der Waals surface area contributed by atoms with Crippen LogP contribution in [0.4, 0.5) is 0 Å². The second-order valence-electron chi connectivity index (χ2n) is 11.7. The SMILES string of the molecule is C=C1CC2C3CCC(=O)C3(C)CCC2C2(C)CCC(=NOC3CCC(C)C3)CC12. The molecule has 0 heterocycles. The maximum absolute atomic E-state index is 12.6. The summed E-state index contributed by atoms with van der Waals surface area (Å²) >= 11 is 0. The lowest BCUT2D eigenvalue weighted by atomic mass is 9.44. The van der Waals surface area contributed by atoms with Crippen molar-refractivity contribution in [2.24, 2.45) is 45.6 Å². The number of allylic oxidation sites excluding steroid dienone is 1. The molecule has 0 amide bonds. The largest absolute Gasteiger partial charge is 0.393 e. The summed E-state index contributed by atoms with van der Waals surface area (Å²) in [5.41, 5.74) is 2.98. The van der Waals surface area contributed by atoms with Crippen LogP contribution in [0.2, 0.25) is 0 Å². The first-order chi connectivity index (χ1) is 13.8. The van der Waals surface area contributed by atoms with Gasteiger partial charge in [0.05, 0.1) is 5.71 Å². The van der Waals surface area contributed by atoms with Gasteiger partial charge in [-0.05, 0) is 99.2 Å². The second kappa shape index (κ2) is 6.95. The van der Waals surface area contributed by atoms with Crippen molar-refractivity contribution >= 4 is 11.5 Å². The van der Waals surface area contributed by atoms with Crippen LogP contribution in [-0.2, 0) is 9.63 Å². The molecular weight excluding hydrogens is 358 g/mol. The van der Waals surface area contributed by atoms with Gasteiger partial charge in [-0.15, -0.1) is 0 Å². The zero-order valence-electron chi connectivity index (χ0n) is 18.7. The minimum absolute atomic E-state index is 0.0435. The molecule has 0 aromatic rings. The van der Waals surface area contributed by atoms with Crippen molar-refractivity contribution in [3.05, 3.63) is 12.2 Å². The topological polar surface area (TPSA) is 38.7 Å². The van der Waals surface area contributed by atoms with Gasteiger partial charge in [-0.3, -0.25) is 4.79 Å². The highest BCUT2D eigenvalue weighted by molar-refractivity contribution is 5.87. The molecule has 0 bridgehead atoms. The molecule has 0 aromatic carbocycles. The van der Waals surface area contributed by atoms with Crippen LogP contribution in [0.1, 0.15) is 91.4 Å². The van der Waals surface area contributed by atoms with Crippen LogP contribution in [-0.4, -0.2) is 17.6 Å². The van der Waals surface area contributed by atoms with Crippen molar-refractivity contribution in [2.45, 2.75) is 97.5 Å². The van der Waals surface area contributed by atoms with Gasteiger partial charge in [0.2, 0.25) is 0 Å². The maximum Gasteiger partial charge on any atom is 0.139 e. The van der Waals surface area contributed by atoms with Crippen molar-refractivity contribution < 1.29 is 9.63 Å². The fourth-order valence-electron chi connectivity index (χ4n) is 8.30. The molecule has 29 heavy (non-hydrogen) atoms. The molecule has 5 saturated carbocycles. The number of Topliss-reactive ketones (excluding diaryl/α,β-unsaturated/α-hetero) is 1. The van der Waals surface area contributed by atoms with Gasteiger partial charge in [0, 0.05) is 11.8 Å². The summed E-state index contributed by atoms with van der Waals surface area (Å²) in [5.74, 6) is 3.87. The molecule has 0 aliphatic heterocycles. The lowest BCUT2D eigenvalue weighted by Gasteiger charge is -2.60. The van der Waals surface area contributed by atoms with E-state index >= 15 is 0 Å². The smallest absolute Gasteiger partial charge is 0.139 e. The maximum atomic E-state index is 12.6. The van der Waals surface area contributed by atoms with E-state index in [2.05, 4.69) is 32.5 Å². The Balaban J connectivity index is 1.33. The predicted molar refractivity (Wildman–Crippen MR) is 117 cm³/mol. The molecule has 3 heteroatoms. The predicted octanol–water partition coefficient (Wildman–Crippen LogP) is 6.33. The quantitative estimate of drug-likeness (QED) is 0.403. The van der Waals surface area contributed by atoms with Gasteiger partial charge >= 0.3 is 0 Å². The van der Waals surface area contributed by atoms with E-state index in [-0.39, 0.29) is 5.41 Å². The third-order valence-corrected chi connectivity index (χ3v) is 10.1. The summed E-state index contributed by atoms with van der Waals surface area (Å²) in [7, 11) is 0. The van der Waals surface area contributed by atoms with Crippen LogP contribution in [0, 0.1) is 40.4 Å². The first-order valence-electron chi connectivity index (χ1n) is 12.2. The summed E-state index contributed by atoms with van der Waals surface area (Å²) in [6, 6.07) is 0. The zero-order valence-corrected chi connectivity index (χ0v) is 18.7. The Morgan fingerprint density at radius 3 is 2.62 bits per heavy atom. The van der Waals surface area contributed by atoms with Crippen LogP contribution >= 0.6 is 0 Å². The Morgan fingerprint density at radius 2 is 1.86 bits per heavy atom. The Labute approximate surface area is 176 Å². The molecule has 0 N–H and O–H groups in total. The number of hydrogen-bond acceptors (Lipinski definition) is 3. The molecule has 0 saturated heterocycles. The van der Waals surface area contributed by atoms with Gasteiger partial charge in [0.25, 0.3) is 0 Å². The highest BCUT2D eigenvalue weighted by atomic mass is 16.6. The summed E-state index contributed by atoms with van der Waals surface area (Å²) < 4.78 is 0. The summed E-state index contributed by atoms with van der Waals surface area (Å²) in [4.78, 5) is 18.6. The standard InChI is InChI=1S/C26H39NO2/c1-16-5-6-19(13-16)29-27-18-9-11-25(3)22-10-12-26(4)21(7-8-24(26)28)20(22)14-17(2)23(25)15-18/h16,19-23H,2,5-15H2,1,3-4H3. The van der Waals surface area contributed by atoms with Gasteiger partial charge < -0.3 is 4.84 Å². The van der Waals surface area contributed by atoms with E-state index in [9.17, 15) is 4.79 Å². The minimum atomic E-state index is -0.0435. The average Bonchev–Trinajstić information content (AvgIpc) is 3.24. The van der Waals surface area contributed by atoms with Crippen LogP contribution in [0.25, 0.3) is 0 Å². The van der Waals surface area contributed by atoms with Gasteiger partial charge in [-0.2, -0.15) is 0 Å². The highest BCUT2D eigenvalue weighted by Crippen LogP contribution is 2.66. The molecular formula is C26H39NO2. The van der Waals surface area contributed by atoms with E-state index in [1.165, 1.54) is 30.5 Å². The van der Waals surface area contributed by atoms with Crippen molar-refractivity contribution in [3.8, 4) is 0 Å². The molecule has 0 spiro atoms. The number of rotatable bonds is 2. The number of carbonyl (C=O) groups is 1. The van der Waals surface area contributed by atoms with E-state index < -0.39 is 0 Å². The second-order valence-corrected chi connectivity index (χ2v) is 11.7. The summed E-state index contributed by atoms with van der Waals surface area (Å²) in [6.07, 6.45) is 12.7. The molecule has 0 radical (unpaired) electrons. The van der Waals surface area contributed by atoms with E-state index in [1.807, 2.05) is 0 Å². The third kappa shape index (κ3) is 3.05. The molecule has 3 nitrogen and oxygen atoms in total. The minimum Gasteiger partial charge on any atom is -0.393 e. The normalized spacial score (nSPS) is 50.9. The Morgan fingerprint density at radius 1 is 1.03 bits per heavy atom. The molecule has 5 aliphatic rings. The average molecular weight is 398 g/mol. The number of oxime groups is 1. The molecule has 160 valence electrons. The molecule has 5 rings (SSSR count). The van der Waals surface area contributed by atoms with Crippen LogP contribution in [0.3, 0.4) is 0 Å². The van der Waals surface area contributed by atoms with Gasteiger partial charge in [0.15, 0.2) is 0 Å². The number of carbonyl (C=O) groups excluding carboxylic acids is 1. The lowest BCUT2D eigenvalue weighted by molar-refractivity contribution is -0.134. The Hall–Kier alpha value is -1.12. The van der Waals surface area contributed by atoms with E-state index in [0.29, 0.717) is 35.1 Å². The van der Waals surface area contributed by atoms with Crippen molar-refractivity contribution in [1.82, 2.24) is 0 Å². The molecule has 5 fully saturated rings. The number of fused-ring (bicyclic) bond motifs is 5. The van der Waals surface area contributed by atoms with E-state index in [0.717, 1.165) is 63.2 Å². The Bertz CT molecular complexity index is 741. The van der Waals surface area contributed by atoms with Gasteiger partial charge in [-0.1, -0.05) is 38.1 Å². The van der Waals surface area contributed by atoms with Crippen LogP contribution in [0.5, 0.6) is 0 Å². The first-order valence-corrected chi connectivity index (χ1v) is 12.2. The molecule has 0 aromatic heterocycles. The molecule has 8 atom stereocenters. The number of nitrogens with zero attached hydrogens (tertiary/aromatic N) is 1. The molecule has 8 unspecified atom stereocenters. The summed E-state index contributed by atoms with van der Waals surface area (Å²) in [6.45, 7) is 11.7. The van der Waals surface area contributed by atoms with Gasteiger partial charge in [0.1, 0.15) is 11.9 Å². The van der Waals surface area contributed by atoms with Crippen molar-refractivity contribution in [1.29, 1.82) is 0 Å². The van der Waals surface area contributed by atoms with E-state index in [1.54, 1.807) is 0 Å². The fraction of sp³-hybridized carbons (Fsp3) is 0.846. The summed E-state index contributed by atoms with van der Waals surface area (Å²) in [5, 5.41) is 4.67. The van der Waals surface area contributed by atoms with Crippen molar-refractivity contribution in [2.75, 3.05) is 0 Å². The Kier molecular flexibility index (Phi) is 4.75.